The Balaban J connectivity index is 1.94. The number of amides is 1. The summed E-state index contributed by atoms with van der Waals surface area (Å²) in [5.41, 5.74) is 1.61. The first-order chi connectivity index (χ1) is 14.3. The molecule has 0 unspecified atom stereocenters. The molecule has 0 bridgehead atoms. The van der Waals surface area contributed by atoms with Gasteiger partial charge in [-0.2, -0.15) is 0 Å². The summed E-state index contributed by atoms with van der Waals surface area (Å²) < 4.78 is 14.2. The fraction of sp³-hybridized carbons (Fsp3) is 0.136. The maximum Gasteiger partial charge on any atom is 0.301 e. The van der Waals surface area contributed by atoms with Crippen molar-refractivity contribution in [2.24, 2.45) is 0 Å². The predicted octanol–water partition coefficient (Wildman–Crippen LogP) is 5.29. The number of anilines is 1. The third-order valence-corrected chi connectivity index (χ3v) is 6.57. The molecule has 4 rings (SSSR count). The van der Waals surface area contributed by atoms with Gasteiger partial charge in [-0.1, -0.05) is 28.1 Å². The number of halogens is 2. The number of aromatic nitrogens is 1. The maximum atomic E-state index is 13.3. The van der Waals surface area contributed by atoms with Crippen molar-refractivity contribution < 1.29 is 19.1 Å². The molecule has 3 aromatic rings. The van der Waals surface area contributed by atoms with Gasteiger partial charge in [-0.15, -0.1) is 11.3 Å². The molecule has 1 aromatic heterocycles. The van der Waals surface area contributed by atoms with Crippen molar-refractivity contribution in [3.8, 4) is 0 Å². The molecule has 5 nitrogen and oxygen atoms in total. The smallest absolute Gasteiger partial charge is 0.301 e. The largest absolute Gasteiger partial charge is 0.507 e. The van der Waals surface area contributed by atoms with Crippen molar-refractivity contribution >= 4 is 49.8 Å². The predicted molar refractivity (Wildman–Crippen MR) is 117 cm³/mol. The lowest BCUT2D eigenvalue weighted by Crippen LogP contribution is -2.29. The van der Waals surface area contributed by atoms with Gasteiger partial charge in [-0.3, -0.25) is 14.5 Å². The molecule has 0 spiro atoms. The molecule has 8 heteroatoms. The average molecular weight is 487 g/mol. The van der Waals surface area contributed by atoms with Crippen LogP contribution in [-0.2, 0) is 9.59 Å². The van der Waals surface area contributed by atoms with E-state index in [1.54, 1.807) is 24.3 Å². The van der Waals surface area contributed by atoms with Crippen LogP contribution in [0.25, 0.3) is 5.76 Å². The molecule has 2 aromatic carbocycles. The molecule has 0 radical (unpaired) electrons. The van der Waals surface area contributed by atoms with Gasteiger partial charge in [0.05, 0.1) is 17.3 Å². The second kappa shape index (κ2) is 7.77. The van der Waals surface area contributed by atoms with Crippen LogP contribution in [0, 0.1) is 19.7 Å². The number of aryl methyl sites for hydroxylation is 2. The molecule has 1 fully saturated rings. The molecule has 1 atom stereocenters. The van der Waals surface area contributed by atoms with E-state index in [1.807, 2.05) is 13.8 Å². The van der Waals surface area contributed by atoms with E-state index in [-0.39, 0.29) is 16.9 Å². The summed E-state index contributed by atoms with van der Waals surface area (Å²) in [5, 5.41) is 11.3. The third-order valence-electron chi connectivity index (χ3n) is 4.97. The van der Waals surface area contributed by atoms with Gasteiger partial charge in [-0.25, -0.2) is 9.37 Å². The van der Waals surface area contributed by atoms with Crippen molar-refractivity contribution in [1.29, 1.82) is 0 Å². The molecule has 152 valence electrons. The first-order valence-electron chi connectivity index (χ1n) is 9.04. The molecule has 1 N–H and O–H groups in total. The highest BCUT2D eigenvalue weighted by Gasteiger charge is 2.48. The van der Waals surface area contributed by atoms with Gasteiger partial charge >= 0.3 is 5.91 Å². The quantitative estimate of drug-likeness (QED) is 0.310. The number of ketones is 1. The van der Waals surface area contributed by atoms with Crippen LogP contribution >= 0.6 is 27.3 Å². The minimum Gasteiger partial charge on any atom is -0.507 e. The summed E-state index contributed by atoms with van der Waals surface area (Å²) in [6, 6.07) is 11.4. The van der Waals surface area contributed by atoms with E-state index in [0.29, 0.717) is 10.7 Å². The van der Waals surface area contributed by atoms with E-state index in [4.69, 9.17) is 0 Å². The number of carbonyl (C=O) groups is 2. The molecule has 1 aliphatic rings. The number of carbonyl (C=O) groups excluding carboxylic acids is 2. The lowest BCUT2D eigenvalue weighted by Gasteiger charge is -2.23. The van der Waals surface area contributed by atoms with Crippen molar-refractivity contribution in [1.82, 2.24) is 4.98 Å². The number of aliphatic hydroxyl groups excluding tert-OH is 1. The number of rotatable bonds is 3. The standard InChI is InChI=1S/C22H16BrFN2O3S/c1-11-12(2)30-22(25-11)26-18(13-3-7-15(23)8-4-13)17(20(28)21(26)29)19(27)14-5-9-16(24)10-6-14/h3-10,18,27H,1-2H3/b19-17+/t18-/m0/s1. The Kier molecular flexibility index (Phi) is 5.29. The molecule has 1 saturated heterocycles. The van der Waals surface area contributed by atoms with Crippen LogP contribution in [0.4, 0.5) is 9.52 Å². The normalized spacial score (nSPS) is 18.3. The second-order valence-electron chi connectivity index (χ2n) is 6.87. The van der Waals surface area contributed by atoms with E-state index >= 15 is 0 Å². The molecule has 1 aliphatic heterocycles. The van der Waals surface area contributed by atoms with Crippen LogP contribution in [0.15, 0.2) is 58.6 Å². The van der Waals surface area contributed by atoms with Gasteiger partial charge in [0.25, 0.3) is 5.78 Å². The SMILES string of the molecule is Cc1nc(N2C(=O)C(=O)/C(=C(/O)c3ccc(F)cc3)[C@@H]2c2ccc(Br)cc2)sc1C. The Hall–Kier alpha value is -2.84. The van der Waals surface area contributed by atoms with E-state index in [2.05, 4.69) is 20.9 Å². The van der Waals surface area contributed by atoms with Crippen LogP contribution in [-0.4, -0.2) is 21.8 Å². The van der Waals surface area contributed by atoms with Crippen LogP contribution in [0.1, 0.15) is 27.7 Å². The number of nitrogens with zero attached hydrogens (tertiary/aromatic N) is 2. The summed E-state index contributed by atoms with van der Waals surface area (Å²) in [6.07, 6.45) is 0. The van der Waals surface area contributed by atoms with Crippen molar-refractivity contribution in [2.45, 2.75) is 19.9 Å². The molecule has 0 saturated carbocycles. The fourth-order valence-electron chi connectivity index (χ4n) is 3.31. The first-order valence-corrected chi connectivity index (χ1v) is 10.7. The second-order valence-corrected chi connectivity index (χ2v) is 8.96. The summed E-state index contributed by atoms with van der Waals surface area (Å²) in [6.45, 7) is 3.72. The van der Waals surface area contributed by atoms with E-state index < -0.39 is 23.5 Å². The van der Waals surface area contributed by atoms with Crippen molar-refractivity contribution in [3.05, 3.63) is 86.1 Å². The topological polar surface area (TPSA) is 70.5 Å². The molecule has 30 heavy (non-hydrogen) atoms. The minimum absolute atomic E-state index is 0.0561. The Labute approximate surface area is 184 Å². The van der Waals surface area contributed by atoms with Gasteiger partial charge < -0.3 is 5.11 Å². The number of Topliss-reactive ketones (excluding diaryl/α,β-unsaturated/α-hetero) is 1. The highest BCUT2D eigenvalue weighted by atomic mass is 79.9. The molecule has 1 amide bonds. The zero-order valence-electron chi connectivity index (χ0n) is 16.0. The van der Waals surface area contributed by atoms with Crippen molar-refractivity contribution in [2.75, 3.05) is 4.90 Å². The summed E-state index contributed by atoms with van der Waals surface area (Å²) in [7, 11) is 0. The highest BCUT2D eigenvalue weighted by molar-refractivity contribution is 9.10. The zero-order valence-corrected chi connectivity index (χ0v) is 18.4. The van der Waals surface area contributed by atoms with Gasteiger partial charge in [0, 0.05) is 14.9 Å². The van der Waals surface area contributed by atoms with Crippen LogP contribution in [0.3, 0.4) is 0 Å². The Morgan fingerprint density at radius 2 is 1.73 bits per heavy atom. The minimum atomic E-state index is -0.854. The van der Waals surface area contributed by atoms with Crippen LogP contribution in [0.2, 0.25) is 0 Å². The molecular weight excluding hydrogens is 471 g/mol. The number of thiazole rings is 1. The Morgan fingerprint density at radius 1 is 1.10 bits per heavy atom. The Morgan fingerprint density at radius 3 is 2.30 bits per heavy atom. The maximum absolute atomic E-state index is 13.3. The number of aliphatic hydroxyl groups is 1. The molecular formula is C22H16BrFN2O3S. The van der Waals surface area contributed by atoms with Gasteiger partial charge in [0.2, 0.25) is 0 Å². The zero-order chi connectivity index (χ0) is 21.6. The van der Waals surface area contributed by atoms with Gasteiger partial charge in [0.15, 0.2) is 5.13 Å². The van der Waals surface area contributed by atoms with Crippen LogP contribution in [0.5, 0.6) is 0 Å². The lowest BCUT2D eigenvalue weighted by atomic mass is 9.95. The summed E-state index contributed by atoms with van der Waals surface area (Å²) in [5.74, 6) is -2.39. The van der Waals surface area contributed by atoms with E-state index in [1.165, 1.54) is 40.5 Å². The average Bonchev–Trinajstić information content (AvgIpc) is 3.18. The number of benzene rings is 2. The summed E-state index contributed by atoms with van der Waals surface area (Å²) in [4.78, 5) is 32.7. The first kappa shape index (κ1) is 20.4. The van der Waals surface area contributed by atoms with Gasteiger partial charge in [0.1, 0.15) is 11.6 Å². The van der Waals surface area contributed by atoms with Crippen LogP contribution < -0.4 is 4.90 Å². The molecule has 0 aliphatic carbocycles. The highest BCUT2D eigenvalue weighted by Crippen LogP contribution is 2.43. The van der Waals surface area contributed by atoms with Gasteiger partial charge in [-0.05, 0) is 55.8 Å². The fourth-order valence-corrected chi connectivity index (χ4v) is 4.51. The Bertz CT molecular complexity index is 1170. The van der Waals surface area contributed by atoms with E-state index in [9.17, 15) is 19.1 Å². The summed E-state index contributed by atoms with van der Waals surface area (Å²) >= 11 is 4.69. The monoisotopic (exact) mass is 486 g/mol. The molecule has 2 heterocycles. The third kappa shape index (κ3) is 3.46. The number of hydrogen-bond donors (Lipinski definition) is 1. The van der Waals surface area contributed by atoms with E-state index in [0.717, 1.165) is 15.0 Å². The lowest BCUT2D eigenvalue weighted by molar-refractivity contribution is -0.132. The number of hydrogen-bond acceptors (Lipinski definition) is 5. The van der Waals surface area contributed by atoms with Crippen molar-refractivity contribution in [3.63, 3.8) is 0 Å².